The van der Waals surface area contributed by atoms with Crippen LogP contribution in [0.5, 0.6) is 5.75 Å². The molecular weight excluding hydrogens is 352 g/mol. The molecule has 0 spiro atoms. The molecule has 2 aromatic rings. The average Bonchev–Trinajstić information content (AvgIpc) is 2.58. The third-order valence-electron chi connectivity index (χ3n) is 3.45. The van der Waals surface area contributed by atoms with Gasteiger partial charge in [-0.2, -0.15) is 10.2 Å². The molecule has 0 aliphatic carbocycles. The van der Waals surface area contributed by atoms with E-state index in [1.54, 1.807) is 0 Å². The lowest BCUT2D eigenvalue weighted by Crippen LogP contribution is -1.96. The quantitative estimate of drug-likeness (QED) is 0.271. The fourth-order valence-corrected chi connectivity index (χ4v) is 2.47. The van der Waals surface area contributed by atoms with Gasteiger partial charge in [0.1, 0.15) is 5.75 Å². The van der Waals surface area contributed by atoms with Gasteiger partial charge in [0.15, 0.2) is 0 Å². The Morgan fingerprint density at radius 2 is 1.35 bits per heavy atom. The lowest BCUT2D eigenvalue weighted by molar-refractivity contribution is 0.305. The molecule has 0 atom stereocenters. The van der Waals surface area contributed by atoms with Crippen LogP contribution in [0.3, 0.4) is 0 Å². The third-order valence-corrected chi connectivity index (χ3v) is 4.01. The lowest BCUT2D eigenvalue weighted by Gasteiger charge is -2.05. The number of unbranched alkanes of at least 4 members (excludes halogenated alkanes) is 3. The van der Waals surface area contributed by atoms with Gasteiger partial charge in [-0.15, -0.1) is 0 Å². The zero-order valence-corrected chi connectivity index (χ0v) is 15.1. The Hall–Kier alpha value is -1.68. The summed E-state index contributed by atoms with van der Waals surface area (Å²) < 4.78 is 5.73. The predicted molar refractivity (Wildman–Crippen MR) is 99.6 cm³/mol. The molecule has 0 unspecified atom stereocenters. The highest BCUT2D eigenvalue weighted by Crippen LogP contribution is 2.21. The van der Waals surface area contributed by atoms with Crippen LogP contribution in [0.4, 0.5) is 11.4 Å². The molecule has 0 amide bonds. The van der Waals surface area contributed by atoms with Crippen LogP contribution in [0, 0.1) is 6.92 Å². The van der Waals surface area contributed by atoms with Gasteiger partial charge < -0.3 is 4.74 Å². The van der Waals surface area contributed by atoms with E-state index in [0.717, 1.165) is 35.5 Å². The van der Waals surface area contributed by atoms with Gasteiger partial charge in [-0.05, 0) is 56.2 Å². The Balaban J connectivity index is 1.76. The topological polar surface area (TPSA) is 34.0 Å². The molecule has 0 saturated heterocycles. The largest absolute Gasteiger partial charge is 0.494 e. The van der Waals surface area contributed by atoms with Crippen molar-refractivity contribution in [3.63, 3.8) is 0 Å². The molecule has 0 bridgehead atoms. The number of aryl methyl sites for hydroxylation is 1. The molecule has 0 heterocycles. The van der Waals surface area contributed by atoms with Crippen LogP contribution < -0.4 is 4.74 Å². The first-order valence-corrected chi connectivity index (χ1v) is 9.17. The number of rotatable bonds is 9. The van der Waals surface area contributed by atoms with Gasteiger partial charge >= 0.3 is 0 Å². The summed E-state index contributed by atoms with van der Waals surface area (Å²) in [7, 11) is 0. The van der Waals surface area contributed by atoms with Crippen LogP contribution in [-0.2, 0) is 0 Å². The number of ether oxygens (including phenoxy) is 1. The van der Waals surface area contributed by atoms with Gasteiger partial charge in [0.25, 0.3) is 0 Å². The molecule has 0 aromatic heterocycles. The van der Waals surface area contributed by atoms with Gasteiger partial charge in [0, 0.05) is 5.33 Å². The maximum atomic E-state index is 5.73. The van der Waals surface area contributed by atoms with Gasteiger partial charge in [-0.1, -0.05) is 46.5 Å². The molecular formula is C19H23BrN2O. The first kappa shape index (κ1) is 17.7. The van der Waals surface area contributed by atoms with Gasteiger partial charge in [-0.25, -0.2) is 0 Å². The van der Waals surface area contributed by atoms with Crippen molar-refractivity contribution >= 4 is 27.3 Å². The highest BCUT2D eigenvalue weighted by atomic mass is 79.9. The number of azo groups is 1. The molecule has 0 aliphatic rings. The maximum absolute atomic E-state index is 5.73. The van der Waals surface area contributed by atoms with Crippen molar-refractivity contribution in [2.45, 2.75) is 32.6 Å². The molecule has 23 heavy (non-hydrogen) atoms. The zero-order valence-electron chi connectivity index (χ0n) is 13.5. The maximum Gasteiger partial charge on any atom is 0.119 e. The van der Waals surface area contributed by atoms with E-state index in [0.29, 0.717) is 0 Å². The summed E-state index contributed by atoms with van der Waals surface area (Å²) in [5.74, 6) is 0.889. The summed E-state index contributed by atoms with van der Waals surface area (Å²) >= 11 is 3.44. The Bertz CT molecular complexity index is 594. The van der Waals surface area contributed by atoms with Crippen LogP contribution in [0.1, 0.15) is 31.2 Å². The molecule has 0 fully saturated rings. The number of nitrogens with zero attached hydrogens (tertiary/aromatic N) is 2. The zero-order chi connectivity index (χ0) is 16.3. The highest BCUT2D eigenvalue weighted by molar-refractivity contribution is 9.09. The van der Waals surface area contributed by atoms with Crippen molar-refractivity contribution < 1.29 is 4.74 Å². The van der Waals surface area contributed by atoms with Crippen molar-refractivity contribution in [1.82, 2.24) is 0 Å². The predicted octanol–water partition coefficient (Wildman–Crippen LogP) is 6.74. The van der Waals surface area contributed by atoms with Gasteiger partial charge in [0.2, 0.25) is 0 Å². The number of benzene rings is 2. The van der Waals surface area contributed by atoms with E-state index < -0.39 is 0 Å². The van der Waals surface area contributed by atoms with E-state index in [1.165, 1.54) is 24.8 Å². The van der Waals surface area contributed by atoms with E-state index in [1.807, 2.05) is 48.5 Å². The average molecular weight is 375 g/mol. The third kappa shape index (κ3) is 6.95. The van der Waals surface area contributed by atoms with Gasteiger partial charge in [-0.3, -0.25) is 0 Å². The first-order chi connectivity index (χ1) is 11.3. The monoisotopic (exact) mass is 374 g/mol. The Morgan fingerprint density at radius 3 is 1.96 bits per heavy atom. The fourth-order valence-electron chi connectivity index (χ4n) is 2.08. The van der Waals surface area contributed by atoms with Crippen molar-refractivity contribution in [3.05, 3.63) is 54.1 Å². The van der Waals surface area contributed by atoms with Crippen molar-refractivity contribution in [2.24, 2.45) is 10.2 Å². The normalized spacial score (nSPS) is 11.0. The Morgan fingerprint density at radius 1 is 0.783 bits per heavy atom. The second-order valence-corrected chi connectivity index (χ2v) is 6.27. The minimum Gasteiger partial charge on any atom is -0.494 e. The molecule has 2 aromatic carbocycles. The molecule has 0 radical (unpaired) electrons. The molecule has 2 rings (SSSR count). The molecule has 0 aliphatic heterocycles. The van der Waals surface area contributed by atoms with E-state index >= 15 is 0 Å². The molecule has 122 valence electrons. The summed E-state index contributed by atoms with van der Waals surface area (Å²) in [4.78, 5) is 0. The smallest absolute Gasteiger partial charge is 0.119 e. The minimum absolute atomic E-state index is 0.770. The summed E-state index contributed by atoms with van der Waals surface area (Å²) in [5.41, 5.74) is 2.91. The fraction of sp³-hybridized carbons (Fsp3) is 0.368. The highest BCUT2D eigenvalue weighted by Gasteiger charge is 1.96. The second-order valence-electron chi connectivity index (χ2n) is 5.48. The Labute approximate surface area is 146 Å². The minimum atomic E-state index is 0.770. The van der Waals surface area contributed by atoms with E-state index in [-0.39, 0.29) is 0 Å². The Kier molecular flexibility index (Phi) is 7.81. The second kappa shape index (κ2) is 10.2. The number of halogens is 1. The van der Waals surface area contributed by atoms with Gasteiger partial charge in [0.05, 0.1) is 18.0 Å². The number of hydrogen-bond donors (Lipinski definition) is 0. The number of alkyl halides is 1. The van der Waals surface area contributed by atoms with Crippen LogP contribution in [0.25, 0.3) is 0 Å². The summed E-state index contributed by atoms with van der Waals surface area (Å²) in [5, 5.41) is 9.56. The van der Waals surface area contributed by atoms with E-state index in [9.17, 15) is 0 Å². The SMILES string of the molecule is Cc1ccc(/N=N/c2ccc(OCCCCCCBr)cc2)cc1. The summed E-state index contributed by atoms with van der Waals surface area (Å²) in [6.45, 7) is 2.83. The number of hydrogen-bond acceptors (Lipinski definition) is 3. The van der Waals surface area contributed by atoms with E-state index in [2.05, 4.69) is 33.1 Å². The van der Waals surface area contributed by atoms with Crippen LogP contribution in [0.15, 0.2) is 58.8 Å². The van der Waals surface area contributed by atoms with Crippen molar-refractivity contribution in [1.29, 1.82) is 0 Å². The van der Waals surface area contributed by atoms with Crippen molar-refractivity contribution in [2.75, 3.05) is 11.9 Å². The molecule has 0 N–H and O–H groups in total. The van der Waals surface area contributed by atoms with Crippen LogP contribution >= 0.6 is 15.9 Å². The molecule has 0 saturated carbocycles. The standard InChI is InChI=1S/C19H23BrN2O/c1-16-6-8-17(9-7-16)21-22-18-10-12-19(13-11-18)23-15-5-3-2-4-14-20/h6-13H,2-5,14-15H2,1H3/b22-21+. The lowest BCUT2D eigenvalue weighted by atomic mass is 10.2. The van der Waals surface area contributed by atoms with Crippen LogP contribution in [-0.4, -0.2) is 11.9 Å². The van der Waals surface area contributed by atoms with Crippen molar-refractivity contribution in [3.8, 4) is 5.75 Å². The summed E-state index contributed by atoms with van der Waals surface area (Å²) in [6, 6.07) is 15.7. The molecule has 3 nitrogen and oxygen atoms in total. The first-order valence-electron chi connectivity index (χ1n) is 8.05. The summed E-state index contributed by atoms with van der Waals surface area (Å²) in [6.07, 6.45) is 4.81. The van der Waals surface area contributed by atoms with Crippen LogP contribution in [0.2, 0.25) is 0 Å². The van der Waals surface area contributed by atoms with E-state index in [4.69, 9.17) is 4.74 Å². The molecule has 4 heteroatoms.